The van der Waals surface area contributed by atoms with Crippen molar-refractivity contribution in [1.29, 1.82) is 0 Å². The Morgan fingerprint density at radius 3 is 2.38 bits per heavy atom. The normalized spacial score (nSPS) is 11.3. The minimum Gasteiger partial charge on any atom is -0.760 e. The Balaban J connectivity index is 0.000000837. The van der Waals surface area contributed by atoms with Crippen LogP contribution in [0.25, 0.3) is 11.1 Å². The molecule has 3 aromatic carbocycles. The lowest BCUT2D eigenvalue weighted by Crippen LogP contribution is -2.14. The number of nitrogens with two attached hydrogens (primary N) is 2. The first kappa shape index (κ1) is 26.3. The minimum atomic E-state index is -2.36. The van der Waals surface area contributed by atoms with Crippen LogP contribution < -0.4 is 15.6 Å². The standard InChI is InChI=1S/C22H18BrCl2NO2.H3NO2S/c1-2-13-7-8-15(17-6-4-3-5-14(17)10-21(26)27)9-19(13)28-20-12-16(24)11-18(23)22(20)25;1-4(2)3/h3-9,11-12H,2,10H2,1H3,(H2,26,27);1H2,(H,2,3)/p-1. The first-order valence-electron chi connectivity index (χ1n) is 9.27. The summed E-state index contributed by atoms with van der Waals surface area (Å²) in [6.07, 6.45) is 0.965. The van der Waals surface area contributed by atoms with Crippen molar-refractivity contribution in [2.24, 2.45) is 10.9 Å². The van der Waals surface area contributed by atoms with Crippen LogP contribution in [0.5, 0.6) is 11.5 Å². The van der Waals surface area contributed by atoms with Crippen molar-refractivity contribution < 1.29 is 18.3 Å². The Bertz CT molecular complexity index is 1140. The summed E-state index contributed by atoms with van der Waals surface area (Å²) in [7, 11) is 0. The van der Waals surface area contributed by atoms with Gasteiger partial charge in [-0.25, -0.2) is 0 Å². The Labute approximate surface area is 207 Å². The van der Waals surface area contributed by atoms with E-state index in [9.17, 15) is 4.79 Å². The summed E-state index contributed by atoms with van der Waals surface area (Å²) in [6, 6.07) is 17.1. The van der Waals surface area contributed by atoms with Crippen molar-refractivity contribution in [1.82, 2.24) is 0 Å². The molecule has 1 amide bonds. The maximum Gasteiger partial charge on any atom is 0.221 e. The third-order valence-electron chi connectivity index (χ3n) is 4.32. The van der Waals surface area contributed by atoms with Gasteiger partial charge in [0.25, 0.3) is 0 Å². The Morgan fingerprint density at radius 2 is 1.75 bits per heavy atom. The number of carbonyl (C=O) groups is 1. The molecule has 0 aromatic heterocycles. The molecule has 6 nitrogen and oxygen atoms in total. The summed E-state index contributed by atoms with van der Waals surface area (Å²) < 4.78 is 24.4. The predicted octanol–water partition coefficient (Wildman–Crippen LogP) is 5.54. The predicted molar refractivity (Wildman–Crippen MR) is 131 cm³/mol. The highest BCUT2D eigenvalue weighted by molar-refractivity contribution is 9.10. The molecule has 0 aliphatic rings. The smallest absolute Gasteiger partial charge is 0.221 e. The van der Waals surface area contributed by atoms with Crippen LogP contribution in [-0.4, -0.2) is 14.7 Å². The molecular formula is C22H20BrCl2N2O4S-. The number of hydrogen-bond donors (Lipinski definition) is 2. The first-order valence-corrected chi connectivity index (χ1v) is 12.0. The average molecular weight is 559 g/mol. The van der Waals surface area contributed by atoms with Crippen LogP contribution in [0.1, 0.15) is 18.1 Å². The SMILES string of the molecule is CCc1ccc(-c2ccccc2CC(N)=O)cc1Oc1cc(Cl)cc(Br)c1Cl.NS(=O)[O-]. The number of amides is 1. The quantitative estimate of drug-likeness (QED) is 0.304. The van der Waals surface area contributed by atoms with Crippen LogP contribution >= 0.6 is 39.1 Å². The summed E-state index contributed by atoms with van der Waals surface area (Å²) in [4.78, 5) is 11.4. The average Bonchev–Trinajstić information content (AvgIpc) is 2.71. The molecule has 0 bridgehead atoms. The molecule has 32 heavy (non-hydrogen) atoms. The minimum absolute atomic E-state index is 0.176. The van der Waals surface area contributed by atoms with Gasteiger partial charge >= 0.3 is 0 Å². The number of halogens is 3. The molecule has 0 fully saturated rings. The Kier molecular flexibility index (Phi) is 10.1. The van der Waals surface area contributed by atoms with Gasteiger partial charge in [-0.3, -0.25) is 14.1 Å². The van der Waals surface area contributed by atoms with Crippen LogP contribution in [0.2, 0.25) is 10.0 Å². The zero-order valence-electron chi connectivity index (χ0n) is 16.9. The summed E-state index contributed by atoms with van der Waals surface area (Å²) in [5, 5.41) is 5.00. The molecule has 0 saturated heterocycles. The zero-order chi connectivity index (χ0) is 23.8. The third kappa shape index (κ3) is 7.58. The molecule has 0 radical (unpaired) electrons. The van der Waals surface area contributed by atoms with Gasteiger partial charge in [0, 0.05) is 26.8 Å². The molecule has 0 aliphatic heterocycles. The molecular weight excluding hydrogens is 539 g/mol. The van der Waals surface area contributed by atoms with Crippen molar-refractivity contribution in [2.45, 2.75) is 19.8 Å². The molecule has 1 unspecified atom stereocenters. The van der Waals surface area contributed by atoms with Gasteiger partial charge in [-0.05, 0) is 56.7 Å². The summed E-state index contributed by atoms with van der Waals surface area (Å²) in [5.74, 6) is 0.785. The number of primary amides is 1. The molecule has 0 saturated carbocycles. The lowest BCUT2D eigenvalue weighted by Gasteiger charge is -2.15. The first-order chi connectivity index (χ1) is 15.1. The van der Waals surface area contributed by atoms with Gasteiger partial charge in [-0.1, -0.05) is 66.5 Å². The van der Waals surface area contributed by atoms with Crippen LogP contribution in [0, 0.1) is 0 Å². The van der Waals surface area contributed by atoms with Crippen LogP contribution in [0.4, 0.5) is 0 Å². The van der Waals surface area contributed by atoms with Crippen molar-refractivity contribution in [3.63, 3.8) is 0 Å². The Morgan fingerprint density at radius 1 is 1.09 bits per heavy atom. The number of hydrogen-bond acceptors (Lipinski definition) is 4. The van der Waals surface area contributed by atoms with Gasteiger partial charge in [-0.2, -0.15) is 0 Å². The van der Waals surface area contributed by atoms with Gasteiger partial charge in [0.1, 0.15) is 11.5 Å². The van der Waals surface area contributed by atoms with E-state index in [1.54, 1.807) is 12.1 Å². The fourth-order valence-corrected chi connectivity index (χ4v) is 3.91. The van der Waals surface area contributed by atoms with E-state index in [1.807, 2.05) is 42.5 Å². The second-order valence-electron chi connectivity index (χ2n) is 6.54. The number of ether oxygens (including phenoxy) is 1. The lowest BCUT2D eigenvalue weighted by atomic mass is 9.96. The van der Waals surface area contributed by atoms with Crippen LogP contribution in [-0.2, 0) is 28.9 Å². The molecule has 10 heteroatoms. The highest BCUT2D eigenvalue weighted by atomic mass is 79.9. The van der Waals surface area contributed by atoms with E-state index in [-0.39, 0.29) is 12.3 Å². The van der Waals surface area contributed by atoms with E-state index in [1.165, 1.54) is 0 Å². The fourth-order valence-electron chi connectivity index (χ4n) is 2.98. The zero-order valence-corrected chi connectivity index (χ0v) is 20.9. The van der Waals surface area contributed by atoms with E-state index >= 15 is 0 Å². The number of benzene rings is 3. The highest BCUT2D eigenvalue weighted by Crippen LogP contribution is 2.40. The summed E-state index contributed by atoms with van der Waals surface area (Å²) >= 11 is 13.5. The number of aryl methyl sites for hydroxylation is 1. The largest absolute Gasteiger partial charge is 0.760 e. The van der Waals surface area contributed by atoms with Gasteiger partial charge in [0.2, 0.25) is 5.91 Å². The molecule has 0 heterocycles. The second kappa shape index (κ2) is 12.3. The van der Waals surface area contributed by atoms with Crippen molar-refractivity contribution in [3.8, 4) is 22.6 Å². The molecule has 3 rings (SSSR count). The van der Waals surface area contributed by atoms with Crippen molar-refractivity contribution in [2.75, 3.05) is 0 Å². The van der Waals surface area contributed by atoms with E-state index in [0.29, 0.717) is 26.0 Å². The molecule has 1 atom stereocenters. The second-order valence-corrected chi connectivity index (χ2v) is 8.73. The van der Waals surface area contributed by atoms with Crippen molar-refractivity contribution >= 4 is 56.3 Å². The molecule has 170 valence electrons. The van der Waals surface area contributed by atoms with Crippen LogP contribution in [0.3, 0.4) is 0 Å². The van der Waals surface area contributed by atoms with E-state index in [2.05, 4.69) is 28.0 Å². The number of carbonyl (C=O) groups excluding carboxylic acids is 1. The van der Waals surface area contributed by atoms with Crippen LogP contribution in [0.15, 0.2) is 59.1 Å². The fraction of sp³-hybridized carbons (Fsp3) is 0.136. The monoisotopic (exact) mass is 557 g/mol. The maximum absolute atomic E-state index is 11.4. The molecule has 0 aliphatic carbocycles. The molecule has 0 spiro atoms. The summed E-state index contributed by atoms with van der Waals surface area (Å²) in [6.45, 7) is 2.05. The highest BCUT2D eigenvalue weighted by Gasteiger charge is 2.14. The van der Waals surface area contributed by atoms with E-state index in [4.69, 9.17) is 42.4 Å². The van der Waals surface area contributed by atoms with Gasteiger partial charge in [0.05, 0.1) is 11.4 Å². The maximum atomic E-state index is 11.4. The summed E-state index contributed by atoms with van der Waals surface area (Å²) in [5.41, 5.74) is 9.17. The topological polar surface area (TPSA) is 118 Å². The molecule has 3 aromatic rings. The van der Waals surface area contributed by atoms with E-state index < -0.39 is 11.3 Å². The third-order valence-corrected chi connectivity index (χ3v) is 5.78. The number of rotatable bonds is 6. The van der Waals surface area contributed by atoms with Crippen molar-refractivity contribution in [3.05, 3.63) is 80.2 Å². The van der Waals surface area contributed by atoms with Gasteiger partial charge in [0.15, 0.2) is 0 Å². The lowest BCUT2D eigenvalue weighted by molar-refractivity contribution is -0.117. The molecule has 4 N–H and O–H groups in total. The Hall–Kier alpha value is -1.94. The van der Waals surface area contributed by atoms with Gasteiger partial charge in [-0.15, -0.1) is 0 Å². The van der Waals surface area contributed by atoms with E-state index in [0.717, 1.165) is 28.7 Å². The van der Waals surface area contributed by atoms with Gasteiger partial charge < -0.3 is 15.0 Å².